The minimum absolute atomic E-state index is 0.0332. The van der Waals surface area contributed by atoms with Crippen LogP contribution in [0.25, 0.3) is 0 Å². The number of benzene rings is 2. The van der Waals surface area contributed by atoms with Gasteiger partial charge in [0.1, 0.15) is 6.04 Å². The number of carbonyl (C=O) groups excluding carboxylic acids is 3. The van der Waals surface area contributed by atoms with E-state index in [1.165, 1.54) is 24.3 Å². The molecule has 7 heteroatoms. The summed E-state index contributed by atoms with van der Waals surface area (Å²) < 4.78 is 0. The van der Waals surface area contributed by atoms with Gasteiger partial charge in [-0.2, -0.15) is 0 Å². The lowest BCUT2D eigenvalue weighted by atomic mass is 10.1. The molecule has 0 unspecified atom stereocenters. The fourth-order valence-electron chi connectivity index (χ4n) is 2.80. The lowest BCUT2D eigenvalue weighted by Gasteiger charge is -2.25. The van der Waals surface area contributed by atoms with E-state index in [9.17, 15) is 24.6 Å². The Hall–Kier alpha value is -3.61. The lowest BCUT2D eigenvalue weighted by Crippen LogP contribution is -2.40. The molecule has 0 bridgehead atoms. The van der Waals surface area contributed by atoms with Crippen molar-refractivity contribution in [3.8, 4) is 0 Å². The van der Waals surface area contributed by atoms with Crippen LogP contribution in [0.2, 0.25) is 0 Å². The van der Waals surface area contributed by atoms with Crippen molar-refractivity contribution in [1.82, 2.24) is 0 Å². The van der Waals surface area contributed by atoms with E-state index in [1.807, 2.05) is 0 Å². The third-order valence-electron chi connectivity index (χ3n) is 4.06. The van der Waals surface area contributed by atoms with Gasteiger partial charge >= 0.3 is 0 Å². The number of nitrogens with one attached hydrogen (secondary N) is 2. The summed E-state index contributed by atoms with van der Waals surface area (Å²) in [4.78, 5) is 34.7. The molecule has 1 aliphatic carbocycles. The molecule has 2 N–H and O–H groups in total. The monoisotopic (exact) mass is 350 g/mol. The maximum Gasteiger partial charge on any atom is 0.180 e. The molecule has 0 saturated heterocycles. The Balaban J connectivity index is 1.86. The van der Waals surface area contributed by atoms with Crippen LogP contribution in [-0.4, -0.2) is 29.8 Å². The maximum absolute atomic E-state index is 12.2. The van der Waals surface area contributed by atoms with Gasteiger partial charge in [0, 0.05) is 22.5 Å². The number of para-hydroxylation sites is 2. The molecule has 0 aliphatic heterocycles. The van der Waals surface area contributed by atoms with Crippen molar-refractivity contribution in [2.24, 2.45) is 0 Å². The highest BCUT2D eigenvalue weighted by atomic mass is 16.4. The average Bonchev–Trinajstić information content (AvgIpc) is 2.95. The quantitative estimate of drug-likeness (QED) is 0.741. The molecule has 0 heterocycles. The van der Waals surface area contributed by atoms with Crippen LogP contribution in [0.3, 0.4) is 0 Å². The van der Waals surface area contributed by atoms with Crippen LogP contribution >= 0.6 is 0 Å². The fourth-order valence-corrected chi connectivity index (χ4v) is 2.80. The molecule has 0 saturated carbocycles. The Kier molecular flexibility index (Phi) is 4.70. The highest BCUT2D eigenvalue weighted by Gasteiger charge is 2.31. The van der Waals surface area contributed by atoms with Crippen LogP contribution in [0.4, 0.5) is 11.4 Å². The number of carboxylic acid groups (broad SMARTS) is 2. The zero-order valence-electron chi connectivity index (χ0n) is 13.5. The van der Waals surface area contributed by atoms with E-state index in [4.69, 9.17) is 0 Å². The van der Waals surface area contributed by atoms with Crippen LogP contribution < -0.4 is 20.8 Å². The normalized spacial score (nSPS) is 18.5. The molecule has 132 valence electrons. The van der Waals surface area contributed by atoms with E-state index in [0.29, 0.717) is 5.69 Å². The van der Waals surface area contributed by atoms with Gasteiger partial charge in [-0.1, -0.05) is 42.5 Å². The Bertz CT molecular complexity index is 906. The zero-order valence-corrected chi connectivity index (χ0v) is 13.5. The van der Waals surface area contributed by atoms with Gasteiger partial charge in [-0.25, -0.2) is 0 Å². The van der Waals surface area contributed by atoms with Crippen molar-refractivity contribution in [2.45, 2.75) is 12.1 Å². The molecule has 0 spiro atoms. The van der Waals surface area contributed by atoms with Crippen LogP contribution in [0.5, 0.6) is 0 Å². The molecule has 0 amide bonds. The highest BCUT2D eigenvalue weighted by Crippen LogP contribution is 2.23. The molecule has 3 rings (SSSR count). The van der Waals surface area contributed by atoms with Gasteiger partial charge in [0.2, 0.25) is 0 Å². The number of carboxylic acids is 2. The Morgan fingerprint density at radius 2 is 1.31 bits per heavy atom. The largest absolute Gasteiger partial charge is 0.545 e. The van der Waals surface area contributed by atoms with Gasteiger partial charge < -0.3 is 30.4 Å². The number of carbonyl (C=O) groups is 3. The van der Waals surface area contributed by atoms with E-state index in [1.54, 1.807) is 36.4 Å². The molecule has 1 aliphatic rings. The molecule has 2 aromatic rings. The van der Waals surface area contributed by atoms with Gasteiger partial charge in [0.05, 0.1) is 18.0 Å². The van der Waals surface area contributed by atoms with Crippen molar-refractivity contribution in [3.63, 3.8) is 0 Å². The minimum Gasteiger partial charge on any atom is -0.545 e. The molecule has 0 aromatic heterocycles. The molecule has 7 nitrogen and oxygen atoms in total. The summed E-state index contributed by atoms with van der Waals surface area (Å²) in [6.07, 6.45) is 2.95. The summed E-state index contributed by atoms with van der Waals surface area (Å²) in [6, 6.07) is 10.9. The van der Waals surface area contributed by atoms with Crippen LogP contribution in [0, 0.1) is 0 Å². The summed E-state index contributed by atoms with van der Waals surface area (Å²) >= 11 is 0. The standard InChI is InChI=1S/C19H16N2O5/c22-16-10-9-15(20-13-7-3-1-5-11(13)18(23)24)17(16)21-14-8-4-2-6-12(14)19(25)26/h1-10,15,17,20-21H,(H,23,24)(H,25,26)/p-2/t15-,17+/m1/s1. The van der Waals surface area contributed by atoms with E-state index in [-0.39, 0.29) is 22.6 Å². The van der Waals surface area contributed by atoms with E-state index < -0.39 is 24.0 Å². The average molecular weight is 350 g/mol. The van der Waals surface area contributed by atoms with Gasteiger partial charge in [0.25, 0.3) is 0 Å². The van der Waals surface area contributed by atoms with Crippen molar-refractivity contribution in [3.05, 3.63) is 71.8 Å². The topological polar surface area (TPSA) is 121 Å². The van der Waals surface area contributed by atoms with Gasteiger partial charge in [-0.05, 0) is 18.2 Å². The van der Waals surface area contributed by atoms with Gasteiger partial charge in [0.15, 0.2) is 5.78 Å². The van der Waals surface area contributed by atoms with Crippen LogP contribution in [0.1, 0.15) is 20.7 Å². The van der Waals surface area contributed by atoms with Crippen molar-refractivity contribution in [2.75, 3.05) is 10.6 Å². The summed E-state index contributed by atoms with van der Waals surface area (Å²) in [6.45, 7) is 0. The molecule has 2 atom stereocenters. The Morgan fingerprint density at radius 1 is 0.808 bits per heavy atom. The summed E-state index contributed by atoms with van der Waals surface area (Å²) in [5.74, 6) is -2.96. The minimum atomic E-state index is -1.36. The second-order valence-electron chi connectivity index (χ2n) is 5.72. The van der Waals surface area contributed by atoms with Crippen molar-refractivity contribution < 1.29 is 24.6 Å². The number of rotatable bonds is 6. The van der Waals surface area contributed by atoms with E-state index in [0.717, 1.165) is 0 Å². The second-order valence-corrected chi connectivity index (χ2v) is 5.72. The van der Waals surface area contributed by atoms with Crippen molar-refractivity contribution >= 4 is 29.1 Å². The lowest BCUT2D eigenvalue weighted by molar-refractivity contribution is -0.256. The molecule has 0 fully saturated rings. The number of hydrogen-bond acceptors (Lipinski definition) is 7. The first-order valence-corrected chi connectivity index (χ1v) is 7.83. The highest BCUT2D eigenvalue weighted by molar-refractivity contribution is 6.02. The zero-order chi connectivity index (χ0) is 18.7. The predicted octanol–water partition coefficient (Wildman–Crippen LogP) is -0.186. The maximum atomic E-state index is 12.2. The number of aromatic carboxylic acids is 2. The SMILES string of the molecule is O=C([O-])c1ccccc1N[C@@H]1C(=O)C=C[C@H]1Nc1ccccc1C(=O)[O-]. The predicted molar refractivity (Wildman–Crippen MR) is 90.5 cm³/mol. The van der Waals surface area contributed by atoms with Crippen LogP contribution in [-0.2, 0) is 4.79 Å². The van der Waals surface area contributed by atoms with Gasteiger partial charge in [-0.3, -0.25) is 4.79 Å². The first-order valence-electron chi connectivity index (χ1n) is 7.83. The molecule has 26 heavy (non-hydrogen) atoms. The first kappa shape index (κ1) is 17.2. The van der Waals surface area contributed by atoms with E-state index in [2.05, 4.69) is 10.6 Å². The fraction of sp³-hybridized carbons (Fsp3) is 0.105. The van der Waals surface area contributed by atoms with Crippen molar-refractivity contribution in [1.29, 1.82) is 0 Å². The smallest absolute Gasteiger partial charge is 0.180 e. The Morgan fingerprint density at radius 3 is 1.85 bits per heavy atom. The number of ketones is 1. The number of anilines is 2. The third-order valence-corrected chi connectivity index (χ3v) is 4.06. The third kappa shape index (κ3) is 3.41. The Labute approximate surface area is 149 Å². The second kappa shape index (κ2) is 7.10. The first-order chi connectivity index (χ1) is 12.5. The summed E-state index contributed by atoms with van der Waals surface area (Å²) in [5, 5.41) is 28.3. The molecular formula is C19H14N2O5-2. The molecule has 2 aromatic carbocycles. The van der Waals surface area contributed by atoms with Crippen LogP contribution in [0.15, 0.2) is 60.7 Å². The van der Waals surface area contributed by atoms with E-state index >= 15 is 0 Å². The molecule has 0 radical (unpaired) electrons. The summed E-state index contributed by atoms with van der Waals surface area (Å²) in [5.41, 5.74) is 0.446. The number of hydrogen-bond donors (Lipinski definition) is 2. The summed E-state index contributed by atoms with van der Waals surface area (Å²) in [7, 11) is 0. The van der Waals surface area contributed by atoms with Gasteiger partial charge in [-0.15, -0.1) is 0 Å². The molecular weight excluding hydrogens is 336 g/mol.